The van der Waals surface area contributed by atoms with Crippen molar-refractivity contribution in [1.29, 1.82) is 0 Å². The zero-order chi connectivity index (χ0) is 19.9. The van der Waals surface area contributed by atoms with Crippen LogP contribution in [-0.2, 0) is 14.8 Å². The second-order valence-corrected chi connectivity index (χ2v) is 9.16. The van der Waals surface area contributed by atoms with Gasteiger partial charge in [0.25, 0.3) is 5.91 Å². The number of hydrogen-bond donors (Lipinski definition) is 1. The summed E-state index contributed by atoms with van der Waals surface area (Å²) in [6.07, 6.45) is 0. The van der Waals surface area contributed by atoms with Crippen molar-refractivity contribution in [2.45, 2.75) is 11.8 Å². The van der Waals surface area contributed by atoms with Crippen molar-refractivity contribution >= 4 is 38.9 Å². The summed E-state index contributed by atoms with van der Waals surface area (Å²) in [7, 11) is -3.67. The number of nitrogens with one attached hydrogen (secondary N) is 1. The average molecular weight is 422 g/mol. The van der Waals surface area contributed by atoms with Crippen LogP contribution in [0.3, 0.4) is 0 Å². The van der Waals surface area contributed by atoms with E-state index < -0.39 is 10.0 Å². The molecule has 2 aliphatic heterocycles. The van der Waals surface area contributed by atoms with Gasteiger partial charge < -0.3 is 15.0 Å². The van der Waals surface area contributed by atoms with E-state index in [0.29, 0.717) is 48.2 Å². The topological polar surface area (TPSA) is 79.0 Å². The fourth-order valence-electron chi connectivity index (χ4n) is 3.49. The number of anilines is 2. The quantitative estimate of drug-likeness (QED) is 0.823. The molecule has 1 fully saturated rings. The Balaban J connectivity index is 1.54. The smallest absolute Gasteiger partial charge is 0.262 e. The summed E-state index contributed by atoms with van der Waals surface area (Å²) in [4.78, 5) is 13.8. The van der Waals surface area contributed by atoms with Gasteiger partial charge in [-0.2, -0.15) is 4.31 Å². The summed E-state index contributed by atoms with van der Waals surface area (Å²) in [6.45, 7) is 3.52. The third-order valence-corrected chi connectivity index (χ3v) is 7.22. The third kappa shape index (κ3) is 3.55. The molecule has 1 N–H and O–H groups in total. The first kappa shape index (κ1) is 19.0. The highest BCUT2D eigenvalue weighted by Crippen LogP contribution is 2.34. The van der Waals surface area contributed by atoms with Crippen molar-refractivity contribution in [3.05, 3.63) is 47.0 Å². The molecular formula is C19H20ClN3O4S. The number of piperazine rings is 1. The van der Waals surface area contributed by atoms with Crippen LogP contribution in [0.15, 0.2) is 41.3 Å². The summed E-state index contributed by atoms with van der Waals surface area (Å²) >= 11 is 6.06. The van der Waals surface area contributed by atoms with E-state index in [9.17, 15) is 13.2 Å². The van der Waals surface area contributed by atoms with Gasteiger partial charge in [0, 0.05) is 43.0 Å². The van der Waals surface area contributed by atoms with Gasteiger partial charge in [-0.15, -0.1) is 0 Å². The fraction of sp³-hybridized carbons (Fsp3) is 0.316. The van der Waals surface area contributed by atoms with Crippen molar-refractivity contribution < 1.29 is 17.9 Å². The van der Waals surface area contributed by atoms with Crippen molar-refractivity contribution in [2.24, 2.45) is 0 Å². The first-order valence-electron chi connectivity index (χ1n) is 8.92. The Morgan fingerprint density at radius 1 is 1.11 bits per heavy atom. The van der Waals surface area contributed by atoms with Crippen LogP contribution in [0.2, 0.25) is 5.02 Å². The van der Waals surface area contributed by atoms with E-state index in [1.54, 1.807) is 13.0 Å². The molecule has 28 heavy (non-hydrogen) atoms. The number of halogens is 1. The number of nitrogens with zero attached hydrogens (tertiary/aromatic N) is 2. The Morgan fingerprint density at radius 3 is 2.57 bits per heavy atom. The molecule has 0 atom stereocenters. The number of ether oxygens (including phenoxy) is 1. The average Bonchev–Trinajstić information content (AvgIpc) is 2.67. The van der Waals surface area contributed by atoms with Crippen LogP contribution in [0.4, 0.5) is 11.4 Å². The molecule has 2 aromatic carbocycles. The standard InChI is InChI=1S/C19H20ClN3O4S/c1-13-9-16-17(27-12-19(24)21-16)11-18(13)28(25,26)23-7-5-22(6-8-23)15-4-2-3-14(20)10-15/h2-4,9-11H,5-8,12H2,1H3,(H,21,24). The van der Waals surface area contributed by atoms with Crippen LogP contribution in [0.25, 0.3) is 0 Å². The summed E-state index contributed by atoms with van der Waals surface area (Å²) in [5.41, 5.74) is 2.05. The van der Waals surface area contributed by atoms with Crippen LogP contribution in [0, 0.1) is 6.92 Å². The minimum Gasteiger partial charge on any atom is -0.482 e. The number of benzene rings is 2. The largest absolute Gasteiger partial charge is 0.482 e. The summed E-state index contributed by atoms with van der Waals surface area (Å²) in [5.74, 6) is 0.126. The maximum atomic E-state index is 13.2. The predicted molar refractivity (Wildman–Crippen MR) is 108 cm³/mol. The van der Waals surface area contributed by atoms with Gasteiger partial charge in [-0.25, -0.2) is 8.42 Å². The second-order valence-electron chi connectivity index (χ2n) is 6.82. The number of rotatable bonds is 3. The van der Waals surface area contributed by atoms with E-state index >= 15 is 0 Å². The number of hydrogen-bond acceptors (Lipinski definition) is 5. The van der Waals surface area contributed by atoms with Crippen molar-refractivity contribution in [2.75, 3.05) is 43.0 Å². The van der Waals surface area contributed by atoms with Crippen molar-refractivity contribution in [3.63, 3.8) is 0 Å². The SMILES string of the molecule is Cc1cc2c(cc1S(=O)(=O)N1CCN(c3cccc(Cl)c3)CC1)OCC(=O)N2. The lowest BCUT2D eigenvalue weighted by atomic mass is 10.2. The van der Waals surface area contributed by atoms with Crippen LogP contribution < -0.4 is 15.0 Å². The number of aryl methyl sites for hydroxylation is 1. The summed E-state index contributed by atoms with van der Waals surface area (Å²) < 4.78 is 33.3. The van der Waals surface area contributed by atoms with Crippen molar-refractivity contribution in [1.82, 2.24) is 4.31 Å². The molecule has 1 saturated heterocycles. The number of fused-ring (bicyclic) bond motifs is 1. The van der Waals surface area contributed by atoms with Crippen LogP contribution >= 0.6 is 11.6 Å². The lowest BCUT2D eigenvalue weighted by molar-refractivity contribution is -0.118. The molecule has 148 valence electrons. The molecule has 0 bridgehead atoms. The molecule has 0 aliphatic carbocycles. The molecule has 4 rings (SSSR count). The molecule has 0 saturated carbocycles. The van der Waals surface area contributed by atoms with Gasteiger partial charge in [-0.1, -0.05) is 17.7 Å². The molecule has 1 amide bonds. The minimum absolute atomic E-state index is 0.117. The first-order valence-corrected chi connectivity index (χ1v) is 10.7. The lowest BCUT2D eigenvalue weighted by Crippen LogP contribution is -2.48. The highest BCUT2D eigenvalue weighted by Gasteiger charge is 2.31. The Labute approximate surface area is 168 Å². The zero-order valence-corrected chi connectivity index (χ0v) is 16.9. The maximum absolute atomic E-state index is 13.2. The molecule has 9 heteroatoms. The molecular weight excluding hydrogens is 402 g/mol. The molecule has 2 aromatic rings. The van der Waals surface area contributed by atoms with Crippen LogP contribution in [0.1, 0.15) is 5.56 Å². The normalized spacial score (nSPS) is 17.6. The molecule has 0 radical (unpaired) electrons. The number of amides is 1. The predicted octanol–water partition coefficient (Wildman–Crippen LogP) is 2.49. The molecule has 2 heterocycles. The molecule has 7 nitrogen and oxygen atoms in total. The Morgan fingerprint density at radius 2 is 1.86 bits per heavy atom. The Kier molecular flexibility index (Phi) is 4.95. The fourth-order valence-corrected chi connectivity index (χ4v) is 5.32. The zero-order valence-electron chi connectivity index (χ0n) is 15.3. The maximum Gasteiger partial charge on any atom is 0.262 e. The molecule has 0 unspecified atom stereocenters. The Bertz CT molecular complexity index is 1030. The molecule has 2 aliphatic rings. The van der Waals surface area contributed by atoms with Crippen LogP contribution in [0.5, 0.6) is 5.75 Å². The van der Waals surface area contributed by atoms with E-state index in [4.69, 9.17) is 16.3 Å². The van der Waals surface area contributed by atoms with Gasteiger partial charge in [-0.05, 0) is 36.8 Å². The van der Waals surface area contributed by atoms with Crippen LogP contribution in [-0.4, -0.2) is 51.4 Å². The minimum atomic E-state index is -3.67. The third-order valence-electron chi connectivity index (χ3n) is 4.94. The van der Waals surface area contributed by atoms with Gasteiger partial charge in [0.05, 0.1) is 10.6 Å². The van der Waals surface area contributed by atoms with E-state index in [2.05, 4.69) is 10.2 Å². The van der Waals surface area contributed by atoms with Gasteiger partial charge >= 0.3 is 0 Å². The number of carbonyl (C=O) groups is 1. The summed E-state index contributed by atoms with van der Waals surface area (Å²) in [6, 6.07) is 10.7. The highest BCUT2D eigenvalue weighted by molar-refractivity contribution is 7.89. The van der Waals surface area contributed by atoms with E-state index in [1.165, 1.54) is 10.4 Å². The van der Waals surface area contributed by atoms with Gasteiger partial charge in [0.15, 0.2) is 6.61 Å². The monoisotopic (exact) mass is 421 g/mol. The summed E-state index contributed by atoms with van der Waals surface area (Å²) in [5, 5.41) is 3.35. The van der Waals surface area contributed by atoms with E-state index in [0.717, 1.165) is 5.69 Å². The number of sulfonamides is 1. The molecule has 0 spiro atoms. The highest BCUT2D eigenvalue weighted by atomic mass is 35.5. The Hall–Kier alpha value is -2.29. The first-order chi connectivity index (χ1) is 13.3. The lowest BCUT2D eigenvalue weighted by Gasteiger charge is -2.35. The number of carbonyl (C=O) groups excluding carboxylic acids is 1. The van der Waals surface area contributed by atoms with Gasteiger partial charge in [0.2, 0.25) is 10.0 Å². The molecule has 0 aromatic heterocycles. The van der Waals surface area contributed by atoms with E-state index in [-0.39, 0.29) is 17.4 Å². The van der Waals surface area contributed by atoms with Gasteiger partial charge in [-0.3, -0.25) is 4.79 Å². The van der Waals surface area contributed by atoms with E-state index in [1.807, 2.05) is 24.3 Å². The van der Waals surface area contributed by atoms with Gasteiger partial charge in [0.1, 0.15) is 5.75 Å². The van der Waals surface area contributed by atoms with Crippen molar-refractivity contribution in [3.8, 4) is 5.75 Å². The second kappa shape index (κ2) is 7.27.